The number of rotatable bonds is 2. The summed E-state index contributed by atoms with van der Waals surface area (Å²) in [4.78, 5) is 4.50. The molecule has 1 aliphatic rings. The first-order valence-electron chi connectivity index (χ1n) is 8.74. The van der Waals surface area contributed by atoms with Crippen LogP contribution in [-0.4, -0.2) is 35.9 Å². The van der Waals surface area contributed by atoms with Crippen molar-refractivity contribution in [2.45, 2.75) is 32.6 Å². The maximum atomic E-state index is 13.7. The molecule has 0 saturated heterocycles. The van der Waals surface area contributed by atoms with Gasteiger partial charge in [0.15, 0.2) is 0 Å². The van der Waals surface area contributed by atoms with E-state index in [0.29, 0.717) is 12.7 Å². The Morgan fingerprint density at radius 3 is 2.48 bits per heavy atom. The van der Waals surface area contributed by atoms with Crippen molar-refractivity contribution in [1.82, 2.24) is 4.98 Å². The lowest BCUT2D eigenvalue weighted by atomic mass is 9.79. The number of benzene rings is 1. The summed E-state index contributed by atoms with van der Waals surface area (Å²) < 4.78 is 39.6. The second kappa shape index (κ2) is 9.10. The van der Waals surface area contributed by atoms with Gasteiger partial charge in [0.25, 0.3) is 10.1 Å². The van der Waals surface area contributed by atoms with Crippen LogP contribution in [0.2, 0.25) is 0 Å². The van der Waals surface area contributed by atoms with Crippen LogP contribution in [0.15, 0.2) is 40.7 Å². The number of fused-ring (bicyclic) bond motifs is 1. The van der Waals surface area contributed by atoms with Crippen molar-refractivity contribution in [2.75, 3.05) is 6.26 Å². The molecule has 0 bridgehead atoms. The van der Waals surface area contributed by atoms with Gasteiger partial charge in [-0.25, -0.2) is 4.39 Å². The molecule has 0 aliphatic heterocycles. The molecule has 29 heavy (non-hydrogen) atoms. The molecule has 3 rings (SSSR count). The largest absolute Gasteiger partial charge is 0.369 e. The van der Waals surface area contributed by atoms with Gasteiger partial charge in [-0.1, -0.05) is 6.07 Å². The van der Waals surface area contributed by atoms with E-state index in [1.54, 1.807) is 18.3 Å². The summed E-state index contributed by atoms with van der Waals surface area (Å²) in [6.45, 7) is 4.00. The summed E-state index contributed by atoms with van der Waals surface area (Å²) in [5.74, 6) is -0.230. The van der Waals surface area contributed by atoms with Crippen LogP contribution in [0.4, 0.5) is 4.39 Å². The Labute approximate surface area is 169 Å². The van der Waals surface area contributed by atoms with Gasteiger partial charge in [-0.15, -0.1) is 5.10 Å². The van der Waals surface area contributed by atoms with Crippen molar-refractivity contribution in [1.29, 1.82) is 0 Å². The third-order valence-electron chi connectivity index (χ3n) is 4.37. The van der Waals surface area contributed by atoms with Crippen LogP contribution in [0.3, 0.4) is 0 Å². The van der Waals surface area contributed by atoms with Gasteiger partial charge < -0.3 is 11.5 Å². The first kappa shape index (κ1) is 22.4. The van der Waals surface area contributed by atoms with Gasteiger partial charge in [0, 0.05) is 11.8 Å². The minimum absolute atomic E-state index is 0.0883. The Morgan fingerprint density at radius 2 is 1.86 bits per heavy atom. The molecule has 0 radical (unpaired) electrons. The minimum Gasteiger partial charge on any atom is -0.369 e. The fourth-order valence-corrected chi connectivity index (χ4v) is 3.28. The van der Waals surface area contributed by atoms with Gasteiger partial charge >= 0.3 is 0 Å². The maximum absolute atomic E-state index is 13.7. The van der Waals surface area contributed by atoms with Gasteiger partial charge in [0.2, 0.25) is 5.96 Å². The minimum atomic E-state index is -3.67. The quantitative estimate of drug-likeness (QED) is 0.293. The number of pyridine rings is 1. The second-order valence-corrected chi connectivity index (χ2v) is 8.33. The molecular formula is C19H24FN5O3S. The smallest absolute Gasteiger partial charge is 0.261 e. The Morgan fingerprint density at radius 1 is 1.21 bits per heavy atom. The molecule has 1 aromatic carbocycles. The Kier molecular flexibility index (Phi) is 7.04. The summed E-state index contributed by atoms with van der Waals surface area (Å²) in [6.07, 6.45) is 3.88. The molecule has 156 valence electrons. The van der Waals surface area contributed by atoms with Crippen LogP contribution in [0.25, 0.3) is 0 Å². The van der Waals surface area contributed by atoms with E-state index in [4.69, 9.17) is 16.0 Å². The Balaban J connectivity index is 0.000000537. The first-order chi connectivity index (χ1) is 13.5. The van der Waals surface area contributed by atoms with E-state index in [1.165, 1.54) is 6.07 Å². The molecule has 0 spiro atoms. The molecule has 2 aromatic rings. The summed E-state index contributed by atoms with van der Waals surface area (Å²) in [6, 6.07) is 6.82. The third-order valence-corrected chi connectivity index (χ3v) is 4.37. The van der Waals surface area contributed by atoms with E-state index < -0.39 is 10.1 Å². The highest BCUT2D eigenvalue weighted by molar-refractivity contribution is 7.85. The number of aryl methyl sites for hydroxylation is 2. The van der Waals surface area contributed by atoms with Crippen molar-refractivity contribution >= 4 is 21.8 Å². The summed E-state index contributed by atoms with van der Waals surface area (Å²) >= 11 is 0. The van der Waals surface area contributed by atoms with E-state index in [-0.39, 0.29) is 17.7 Å². The highest BCUT2D eigenvalue weighted by atomic mass is 32.2. The van der Waals surface area contributed by atoms with Gasteiger partial charge in [0.05, 0.1) is 17.7 Å². The number of halogens is 1. The Bertz CT molecular complexity index is 1060. The maximum Gasteiger partial charge on any atom is 0.261 e. The molecule has 1 aromatic heterocycles. The van der Waals surface area contributed by atoms with Crippen LogP contribution in [0.5, 0.6) is 0 Å². The molecular weight excluding hydrogens is 397 g/mol. The molecule has 5 N–H and O–H groups in total. The molecule has 0 amide bonds. The third kappa shape index (κ3) is 6.61. The normalized spacial score (nSPS) is 17.1. The van der Waals surface area contributed by atoms with Gasteiger partial charge in [-0.05, 0) is 67.5 Å². The van der Waals surface area contributed by atoms with Crippen LogP contribution in [0.1, 0.15) is 40.3 Å². The number of guanidine groups is 1. The lowest BCUT2D eigenvalue weighted by Gasteiger charge is -2.27. The predicted molar refractivity (Wildman–Crippen MR) is 111 cm³/mol. The topological polar surface area (TPSA) is 144 Å². The zero-order chi connectivity index (χ0) is 21.8. The van der Waals surface area contributed by atoms with Crippen molar-refractivity contribution in [3.8, 4) is 0 Å². The molecule has 0 fully saturated rings. The summed E-state index contributed by atoms with van der Waals surface area (Å²) in [5, 5.41) is 8.05. The van der Waals surface area contributed by atoms with Gasteiger partial charge in [0.1, 0.15) is 5.82 Å². The van der Waals surface area contributed by atoms with E-state index >= 15 is 0 Å². The molecule has 8 nitrogen and oxygen atoms in total. The number of nitrogens with two attached hydrogens (primary N) is 2. The highest BCUT2D eigenvalue weighted by Crippen LogP contribution is 2.35. The van der Waals surface area contributed by atoms with Crippen LogP contribution in [0, 0.1) is 19.7 Å². The zero-order valence-corrected chi connectivity index (χ0v) is 17.2. The SMILES string of the molecule is CS(=O)(=O)O.Cc1ccc(F)cc1C1CC(=NN=C(N)N)c2c(C)ccnc2C1. The van der Waals surface area contributed by atoms with Crippen molar-refractivity contribution < 1.29 is 17.4 Å². The average molecular weight is 421 g/mol. The average Bonchev–Trinajstić information content (AvgIpc) is 2.60. The van der Waals surface area contributed by atoms with Crippen molar-refractivity contribution in [3.63, 3.8) is 0 Å². The molecule has 1 aliphatic carbocycles. The highest BCUT2D eigenvalue weighted by Gasteiger charge is 2.28. The monoisotopic (exact) mass is 421 g/mol. The lowest BCUT2D eigenvalue weighted by Crippen LogP contribution is -2.24. The summed E-state index contributed by atoms with van der Waals surface area (Å²) in [5.41, 5.74) is 16.7. The molecule has 0 saturated carbocycles. The Hall–Kier alpha value is -2.85. The zero-order valence-electron chi connectivity index (χ0n) is 16.4. The second-order valence-electron chi connectivity index (χ2n) is 6.86. The van der Waals surface area contributed by atoms with Crippen LogP contribution in [-0.2, 0) is 16.5 Å². The number of aromatic nitrogens is 1. The van der Waals surface area contributed by atoms with Gasteiger partial charge in [-0.3, -0.25) is 9.54 Å². The molecule has 10 heteroatoms. The molecule has 1 heterocycles. The standard InChI is InChI=1S/C18H20FN5.CH4O3S/c1-10-3-4-13(19)9-14(10)12-7-15-17(11(2)5-6-22-15)16(8-12)23-24-18(20)21;1-5(2,3)4/h3-6,9,12H,7-8H2,1-2H3,(H4,20,21,24);1H3,(H,2,3,4). The molecule has 1 atom stereocenters. The number of hydrogen-bond donors (Lipinski definition) is 3. The van der Waals surface area contributed by atoms with Crippen LogP contribution < -0.4 is 11.5 Å². The van der Waals surface area contributed by atoms with E-state index in [9.17, 15) is 12.8 Å². The first-order valence-corrected chi connectivity index (χ1v) is 10.6. The van der Waals surface area contributed by atoms with E-state index in [2.05, 4.69) is 15.2 Å². The predicted octanol–water partition coefficient (Wildman–Crippen LogP) is 2.05. The molecule has 1 unspecified atom stereocenters. The van der Waals surface area contributed by atoms with Crippen molar-refractivity contribution in [3.05, 3.63) is 64.2 Å². The fourth-order valence-electron chi connectivity index (χ4n) is 3.28. The van der Waals surface area contributed by atoms with E-state index in [0.717, 1.165) is 40.1 Å². The summed E-state index contributed by atoms with van der Waals surface area (Å²) in [7, 11) is -3.67. The van der Waals surface area contributed by atoms with Gasteiger partial charge in [-0.2, -0.15) is 13.5 Å². The number of nitrogens with zero attached hydrogens (tertiary/aromatic N) is 3. The van der Waals surface area contributed by atoms with Crippen LogP contribution >= 0.6 is 0 Å². The fraction of sp³-hybridized carbons (Fsp3) is 0.316. The lowest BCUT2D eigenvalue weighted by molar-refractivity contribution is 0.490. The number of hydrogen-bond acceptors (Lipinski definition) is 5. The van der Waals surface area contributed by atoms with E-state index in [1.807, 2.05) is 19.9 Å². The van der Waals surface area contributed by atoms with Crippen molar-refractivity contribution in [2.24, 2.45) is 21.7 Å².